The predicted molar refractivity (Wildman–Crippen MR) is 105 cm³/mol. The first-order valence-corrected chi connectivity index (χ1v) is 9.47. The summed E-state index contributed by atoms with van der Waals surface area (Å²) in [6.45, 7) is 0.0374. The Morgan fingerprint density at radius 1 is 1.26 bits per heavy atom. The van der Waals surface area contributed by atoms with Crippen LogP contribution in [0.15, 0.2) is 45.8 Å². The molecule has 27 heavy (non-hydrogen) atoms. The number of halogens is 2. The second-order valence-corrected chi connectivity index (χ2v) is 7.50. The lowest BCUT2D eigenvalue weighted by Crippen LogP contribution is -2.22. The highest BCUT2D eigenvalue weighted by Crippen LogP contribution is 2.39. The van der Waals surface area contributed by atoms with Gasteiger partial charge in [-0.3, -0.25) is 14.5 Å². The zero-order valence-electron chi connectivity index (χ0n) is 14.5. The molecule has 2 amide bonds. The number of imide groups is 1. The molecule has 0 spiro atoms. The van der Waals surface area contributed by atoms with E-state index in [1.165, 1.54) is 20.2 Å². The summed E-state index contributed by atoms with van der Waals surface area (Å²) in [4.78, 5) is 25.0. The highest BCUT2D eigenvalue weighted by Gasteiger charge is 2.31. The zero-order valence-corrected chi connectivity index (χ0v) is 16.9. The fraction of sp³-hybridized carbons (Fsp3) is 0.158. The molecule has 3 rings (SSSR count). The molecule has 1 aliphatic heterocycles. The maximum Gasteiger partial charge on any atom is 0.293 e. The Kier molecular flexibility index (Phi) is 5.86. The molecule has 2 aromatic carbocycles. The summed E-state index contributed by atoms with van der Waals surface area (Å²) in [6, 6.07) is 9.79. The number of ether oxygens (including phenoxy) is 2. The molecular weight excluding hydrogens is 437 g/mol. The fourth-order valence-electron chi connectivity index (χ4n) is 2.43. The number of nitrogens with zero attached hydrogens (tertiary/aromatic N) is 1. The second kappa shape index (κ2) is 8.14. The molecule has 2 aromatic rings. The van der Waals surface area contributed by atoms with E-state index in [1.807, 2.05) is 0 Å². The number of amides is 2. The third-order valence-corrected chi connectivity index (χ3v) is 5.42. The standard InChI is InChI=1S/C19H15BrFNO4S/c1-22-18(23)16(27-19(22)24)9-11-7-13(20)17(15(8-11)25-2)26-10-12-5-3-4-6-14(12)21/h3-9H,10H2,1-2H3/b16-9-. The molecule has 1 heterocycles. The van der Waals surface area contributed by atoms with Crippen LogP contribution < -0.4 is 9.47 Å². The summed E-state index contributed by atoms with van der Waals surface area (Å²) < 4.78 is 25.5. The number of hydrogen-bond acceptors (Lipinski definition) is 5. The van der Waals surface area contributed by atoms with Crippen molar-refractivity contribution in [1.82, 2.24) is 4.90 Å². The molecule has 0 unspecified atom stereocenters. The van der Waals surface area contributed by atoms with Crippen molar-refractivity contribution in [3.05, 3.63) is 62.7 Å². The quantitative estimate of drug-likeness (QED) is 0.608. The average molecular weight is 452 g/mol. The van der Waals surface area contributed by atoms with Crippen LogP contribution in [-0.2, 0) is 11.4 Å². The average Bonchev–Trinajstić information content (AvgIpc) is 2.88. The zero-order chi connectivity index (χ0) is 19.6. The molecular formula is C19H15BrFNO4S. The van der Waals surface area contributed by atoms with Gasteiger partial charge in [0, 0.05) is 12.6 Å². The van der Waals surface area contributed by atoms with Crippen molar-refractivity contribution >= 4 is 44.9 Å². The third-order valence-electron chi connectivity index (χ3n) is 3.87. The summed E-state index contributed by atoms with van der Waals surface area (Å²) in [5.74, 6) is 0.142. The van der Waals surface area contributed by atoms with Gasteiger partial charge in [0.15, 0.2) is 11.5 Å². The minimum Gasteiger partial charge on any atom is -0.493 e. The van der Waals surface area contributed by atoms with E-state index in [2.05, 4.69) is 15.9 Å². The third kappa shape index (κ3) is 4.17. The van der Waals surface area contributed by atoms with E-state index in [-0.39, 0.29) is 23.6 Å². The number of hydrogen-bond donors (Lipinski definition) is 0. The summed E-state index contributed by atoms with van der Waals surface area (Å²) in [6.07, 6.45) is 1.61. The van der Waals surface area contributed by atoms with Gasteiger partial charge in [-0.25, -0.2) is 4.39 Å². The molecule has 1 saturated heterocycles. The topological polar surface area (TPSA) is 55.8 Å². The maximum atomic E-state index is 13.8. The molecule has 8 heteroatoms. The van der Waals surface area contributed by atoms with E-state index in [0.29, 0.717) is 32.0 Å². The molecule has 1 fully saturated rings. The summed E-state index contributed by atoms with van der Waals surface area (Å²) in [5, 5.41) is -0.317. The summed E-state index contributed by atoms with van der Waals surface area (Å²) in [5.41, 5.74) is 1.09. The lowest BCUT2D eigenvalue weighted by Gasteiger charge is -2.14. The minimum absolute atomic E-state index is 0.0374. The maximum absolute atomic E-state index is 13.8. The van der Waals surface area contributed by atoms with Gasteiger partial charge in [0.2, 0.25) is 0 Å². The predicted octanol–water partition coefficient (Wildman–Crippen LogP) is 4.84. The Labute approximate surface area is 168 Å². The van der Waals surface area contributed by atoms with E-state index in [4.69, 9.17) is 9.47 Å². The number of rotatable bonds is 5. The molecule has 5 nitrogen and oxygen atoms in total. The Hall–Kier alpha value is -2.32. The molecule has 0 bridgehead atoms. The molecule has 0 aliphatic carbocycles. The molecule has 0 N–H and O–H groups in total. The number of carbonyl (C=O) groups is 2. The van der Waals surface area contributed by atoms with Crippen molar-refractivity contribution in [1.29, 1.82) is 0 Å². The molecule has 0 radical (unpaired) electrons. The minimum atomic E-state index is -0.348. The highest BCUT2D eigenvalue weighted by atomic mass is 79.9. The van der Waals surface area contributed by atoms with Gasteiger partial charge in [-0.05, 0) is 57.5 Å². The highest BCUT2D eigenvalue weighted by molar-refractivity contribution is 9.10. The number of carbonyl (C=O) groups excluding carboxylic acids is 2. The van der Waals surface area contributed by atoms with E-state index >= 15 is 0 Å². The van der Waals surface area contributed by atoms with E-state index in [1.54, 1.807) is 36.4 Å². The van der Waals surface area contributed by atoms with Gasteiger partial charge in [-0.1, -0.05) is 18.2 Å². The lowest BCUT2D eigenvalue weighted by molar-refractivity contribution is -0.121. The molecule has 0 atom stereocenters. The van der Waals surface area contributed by atoms with Crippen LogP contribution in [0.3, 0.4) is 0 Å². The Morgan fingerprint density at radius 2 is 2.00 bits per heavy atom. The Bertz CT molecular complexity index is 947. The largest absolute Gasteiger partial charge is 0.493 e. The van der Waals surface area contributed by atoms with Crippen molar-refractivity contribution in [2.24, 2.45) is 0 Å². The van der Waals surface area contributed by atoms with Crippen LogP contribution in [0.25, 0.3) is 6.08 Å². The van der Waals surface area contributed by atoms with Gasteiger partial charge in [-0.15, -0.1) is 0 Å². The first-order valence-electron chi connectivity index (χ1n) is 7.86. The molecule has 0 aromatic heterocycles. The van der Waals surface area contributed by atoms with E-state index in [9.17, 15) is 14.0 Å². The van der Waals surface area contributed by atoms with Gasteiger partial charge in [-0.2, -0.15) is 0 Å². The van der Waals surface area contributed by atoms with E-state index in [0.717, 1.165) is 16.7 Å². The molecule has 0 saturated carbocycles. The van der Waals surface area contributed by atoms with Crippen LogP contribution in [0.4, 0.5) is 9.18 Å². The van der Waals surface area contributed by atoms with Crippen LogP contribution in [0.1, 0.15) is 11.1 Å². The molecule has 140 valence electrons. The van der Waals surface area contributed by atoms with Crippen LogP contribution in [0.2, 0.25) is 0 Å². The van der Waals surface area contributed by atoms with Gasteiger partial charge < -0.3 is 9.47 Å². The van der Waals surface area contributed by atoms with Crippen LogP contribution >= 0.6 is 27.7 Å². The number of methoxy groups -OCH3 is 1. The normalized spacial score (nSPS) is 15.6. The summed E-state index contributed by atoms with van der Waals surface area (Å²) >= 11 is 4.30. The number of thioether (sulfide) groups is 1. The lowest BCUT2D eigenvalue weighted by atomic mass is 10.1. The Balaban J connectivity index is 1.87. The first kappa shape index (κ1) is 19.4. The van der Waals surface area contributed by atoms with E-state index < -0.39 is 0 Å². The van der Waals surface area contributed by atoms with Crippen LogP contribution in [0.5, 0.6) is 11.5 Å². The number of likely N-dealkylation sites (N-methyl/N-ethyl adjacent to an activating group) is 1. The number of benzene rings is 2. The second-order valence-electron chi connectivity index (χ2n) is 5.65. The van der Waals surface area contributed by atoms with Gasteiger partial charge >= 0.3 is 0 Å². The monoisotopic (exact) mass is 451 g/mol. The van der Waals surface area contributed by atoms with Gasteiger partial charge in [0.1, 0.15) is 12.4 Å². The van der Waals surface area contributed by atoms with Crippen molar-refractivity contribution in [2.75, 3.05) is 14.2 Å². The van der Waals surface area contributed by atoms with Crippen molar-refractivity contribution < 1.29 is 23.5 Å². The Morgan fingerprint density at radius 3 is 2.63 bits per heavy atom. The van der Waals surface area contributed by atoms with Gasteiger partial charge in [0.05, 0.1) is 16.5 Å². The van der Waals surface area contributed by atoms with Crippen molar-refractivity contribution in [2.45, 2.75) is 6.61 Å². The van der Waals surface area contributed by atoms with Crippen molar-refractivity contribution in [3.8, 4) is 11.5 Å². The van der Waals surface area contributed by atoms with Crippen molar-refractivity contribution in [3.63, 3.8) is 0 Å². The summed E-state index contributed by atoms with van der Waals surface area (Å²) in [7, 11) is 2.93. The SMILES string of the molecule is COc1cc(/C=C2\SC(=O)N(C)C2=O)cc(Br)c1OCc1ccccc1F. The van der Waals surface area contributed by atoms with Crippen LogP contribution in [-0.4, -0.2) is 30.2 Å². The van der Waals surface area contributed by atoms with Crippen LogP contribution in [0, 0.1) is 5.82 Å². The fourth-order valence-corrected chi connectivity index (χ4v) is 3.83. The first-order chi connectivity index (χ1) is 12.9. The smallest absolute Gasteiger partial charge is 0.293 e. The van der Waals surface area contributed by atoms with Gasteiger partial charge in [0.25, 0.3) is 11.1 Å². The molecule has 1 aliphatic rings.